The number of benzene rings is 1. The molecular formula is C12H12BrClN2S. The first-order valence-electron chi connectivity index (χ1n) is 5.24. The Labute approximate surface area is 118 Å². The highest BCUT2D eigenvalue weighted by molar-refractivity contribution is 9.10. The van der Waals surface area contributed by atoms with Crippen LogP contribution >= 0.6 is 38.9 Å². The second-order valence-electron chi connectivity index (χ2n) is 3.72. The lowest BCUT2D eigenvalue weighted by molar-refractivity contribution is 0.573. The van der Waals surface area contributed by atoms with Crippen LogP contribution in [0, 0.1) is 0 Å². The first kappa shape index (κ1) is 13.0. The van der Waals surface area contributed by atoms with Crippen molar-refractivity contribution in [3.8, 4) is 0 Å². The molecule has 2 rings (SSSR count). The van der Waals surface area contributed by atoms with Crippen molar-refractivity contribution in [3.05, 3.63) is 49.8 Å². The van der Waals surface area contributed by atoms with E-state index in [1.165, 1.54) is 16.9 Å². The summed E-state index contributed by atoms with van der Waals surface area (Å²) in [4.78, 5) is 4.21. The van der Waals surface area contributed by atoms with Crippen LogP contribution < -0.4 is 5.32 Å². The number of hydrogen-bond donors (Lipinski definition) is 1. The summed E-state index contributed by atoms with van der Waals surface area (Å²) in [6.07, 6.45) is 1.69. The number of nitrogens with zero attached hydrogens (tertiary/aromatic N) is 1. The maximum Gasteiger partial charge on any atom is 0.113 e. The van der Waals surface area contributed by atoms with E-state index in [0.29, 0.717) is 0 Å². The van der Waals surface area contributed by atoms with Gasteiger partial charge in [-0.3, -0.25) is 0 Å². The van der Waals surface area contributed by atoms with Gasteiger partial charge in [0.25, 0.3) is 0 Å². The summed E-state index contributed by atoms with van der Waals surface area (Å²) in [7, 11) is 0. The molecule has 0 aliphatic heterocycles. The first-order valence-corrected chi connectivity index (χ1v) is 7.23. The zero-order chi connectivity index (χ0) is 12.3. The molecule has 5 heteroatoms. The molecule has 0 unspecified atom stereocenters. The lowest BCUT2D eigenvalue weighted by Crippen LogP contribution is -2.17. The van der Waals surface area contributed by atoms with E-state index in [1.54, 1.807) is 6.20 Å². The van der Waals surface area contributed by atoms with Crippen molar-refractivity contribution < 1.29 is 0 Å². The highest BCUT2D eigenvalue weighted by atomic mass is 79.9. The minimum absolute atomic E-state index is 0.287. The van der Waals surface area contributed by atoms with Crippen LogP contribution in [0.4, 0.5) is 0 Å². The molecule has 1 heterocycles. The van der Waals surface area contributed by atoms with Crippen LogP contribution in [-0.4, -0.2) is 4.98 Å². The number of rotatable bonds is 4. The maximum absolute atomic E-state index is 5.84. The van der Waals surface area contributed by atoms with Crippen LogP contribution in [0.25, 0.3) is 0 Å². The molecule has 0 amide bonds. The molecule has 2 aromatic rings. The standard InChI is InChI=1S/C12H12BrClN2S/c1-8(9-3-2-4-10(13)5-9)15-7-12-16-6-11(14)17-12/h2-6,8,15H,7H2,1H3/t8-/m0/s1. The van der Waals surface area contributed by atoms with E-state index >= 15 is 0 Å². The van der Waals surface area contributed by atoms with Crippen molar-refractivity contribution in [1.29, 1.82) is 0 Å². The molecule has 90 valence electrons. The summed E-state index contributed by atoms with van der Waals surface area (Å²) in [5.74, 6) is 0. The molecule has 0 spiro atoms. The van der Waals surface area contributed by atoms with Gasteiger partial charge in [0, 0.05) is 17.1 Å². The van der Waals surface area contributed by atoms with Gasteiger partial charge in [0.1, 0.15) is 9.34 Å². The fourth-order valence-electron chi connectivity index (χ4n) is 1.50. The predicted octanol–water partition coefficient (Wildman–Crippen LogP) is 4.41. The lowest BCUT2D eigenvalue weighted by Gasteiger charge is -2.13. The predicted molar refractivity (Wildman–Crippen MR) is 76.5 cm³/mol. The zero-order valence-corrected chi connectivity index (χ0v) is 12.4. The van der Waals surface area contributed by atoms with Gasteiger partial charge in [-0.25, -0.2) is 4.98 Å². The fraction of sp³-hybridized carbons (Fsp3) is 0.250. The van der Waals surface area contributed by atoms with E-state index in [-0.39, 0.29) is 6.04 Å². The summed E-state index contributed by atoms with van der Waals surface area (Å²) in [6, 6.07) is 8.58. The van der Waals surface area contributed by atoms with Crippen LogP contribution in [0.5, 0.6) is 0 Å². The summed E-state index contributed by atoms with van der Waals surface area (Å²) in [5.41, 5.74) is 1.25. The molecule has 1 N–H and O–H groups in total. The topological polar surface area (TPSA) is 24.9 Å². The van der Waals surface area contributed by atoms with Gasteiger partial charge in [0.15, 0.2) is 0 Å². The Hall–Kier alpha value is -0.420. The average molecular weight is 332 g/mol. The quantitative estimate of drug-likeness (QED) is 0.897. The van der Waals surface area contributed by atoms with Gasteiger partial charge in [-0.05, 0) is 24.6 Å². The number of thiazole rings is 1. The van der Waals surface area contributed by atoms with Gasteiger partial charge >= 0.3 is 0 Å². The second-order valence-corrected chi connectivity index (χ2v) is 6.38. The third kappa shape index (κ3) is 3.78. The van der Waals surface area contributed by atoms with Crippen LogP contribution in [0.2, 0.25) is 4.34 Å². The van der Waals surface area contributed by atoms with E-state index in [1.807, 2.05) is 12.1 Å². The van der Waals surface area contributed by atoms with E-state index in [4.69, 9.17) is 11.6 Å². The molecule has 1 aromatic heterocycles. The molecule has 1 aromatic carbocycles. The highest BCUT2D eigenvalue weighted by Gasteiger charge is 2.06. The molecule has 0 radical (unpaired) electrons. The number of aromatic nitrogens is 1. The molecule has 2 nitrogen and oxygen atoms in total. The fourth-order valence-corrected chi connectivity index (χ4v) is 2.83. The van der Waals surface area contributed by atoms with Crippen molar-refractivity contribution in [3.63, 3.8) is 0 Å². The summed E-state index contributed by atoms with van der Waals surface area (Å²) >= 11 is 10.8. The number of halogens is 2. The zero-order valence-electron chi connectivity index (χ0n) is 9.28. The third-order valence-corrected chi connectivity index (χ3v) is 4.04. The molecule has 0 saturated heterocycles. The SMILES string of the molecule is C[C@H](NCc1ncc(Cl)s1)c1cccc(Br)c1. The van der Waals surface area contributed by atoms with Crippen LogP contribution in [0.15, 0.2) is 34.9 Å². The number of nitrogens with one attached hydrogen (secondary N) is 1. The van der Waals surface area contributed by atoms with E-state index in [2.05, 4.69) is 45.3 Å². The van der Waals surface area contributed by atoms with Gasteiger partial charge in [0.2, 0.25) is 0 Å². The van der Waals surface area contributed by atoms with E-state index in [9.17, 15) is 0 Å². The Morgan fingerprint density at radius 1 is 1.53 bits per heavy atom. The molecule has 0 saturated carbocycles. The lowest BCUT2D eigenvalue weighted by atomic mass is 10.1. The first-order chi connectivity index (χ1) is 8.15. The second kappa shape index (κ2) is 5.96. The largest absolute Gasteiger partial charge is 0.304 e. The monoisotopic (exact) mass is 330 g/mol. The number of hydrogen-bond acceptors (Lipinski definition) is 3. The molecule has 0 aliphatic carbocycles. The smallest absolute Gasteiger partial charge is 0.113 e. The van der Waals surface area contributed by atoms with E-state index < -0.39 is 0 Å². The van der Waals surface area contributed by atoms with Gasteiger partial charge in [0.05, 0.1) is 6.20 Å². The van der Waals surface area contributed by atoms with Crippen LogP contribution in [0.3, 0.4) is 0 Å². The highest BCUT2D eigenvalue weighted by Crippen LogP contribution is 2.21. The Morgan fingerprint density at radius 3 is 3.00 bits per heavy atom. The Bertz CT molecular complexity index is 501. The van der Waals surface area contributed by atoms with Gasteiger partial charge in [-0.1, -0.05) is 39.7 Å². The summed E-state index contributed by atoms with van der Waals surface area (Å²) in [6.45, 7) is 2.88. The van der Waals surface area contributed by atoms with Crippen molar-refractivity contribution >= 4 is 38.9 Å². The third-order valence-electron chi connectivity index (χ3n) is 2.43. The average Bonchev–Trinajstić information content (AvgIpc) is 2.72. The normalized spacial score (nSPS) is 12.6. The van der Waals surface area contributed by atoms with E-state index in [0.717, 1.165) is 20.4 Å². The van der Waals surface area contributed by atoms with Gasteiger partial charge < -0.3 is 5.32 Å². The van der Waals surface area contributed by atoms with Crippen LogP contribution in [0.1, 0.15) is 23.5 Å². The van der Waals surface area contributed by atoms with Crippen molar-refractivity contribution in [2.24, 2.45) is 0 Å². The van der Waals surface area contributed by atoms with Crippen molar-refractivity contribution in [2.75, 3.05) is 0 Å². The summed E-state index contributed by atoms with van der Waals surface area (Å²) < 4.78 is 1.83. The Balaban J connectivity index is 1.95. The Kier molecular flexibility index (Phi) is 4.56. The molecular weight excluding hydrogens is 320 g/mol. The van der Waals surface area contributed by atoms with Gasteiger partial charge in [-0.2, -0.15) is 0 Å². The molecule has 0 aliphatic rings. The Morgan fingerprint density at radius 2 is 2.35 bits per heavy atom. The molecule has 0 bridgehead atoms. The molecule has 0 fully saturated rings. The van der Waals surface area contributed by atoms with Crippen molar-refractivity contribution in [1.82, 2.24) is 10.3 Å². The minimum Gasteiger partial charge on any atom is -0.304 e. The van der Waals surface area contributed by atoms with Crippen molar-refractivity contribution in [2.45, 2.75) is 19.5 Å². The van der Waals surface area contributed by atoms with Gasteiger partial charge in [-0.15, -0.1) is 11.3 Å². The molecule has 1 atom stereocenters. The maximum atomic E-state index is 5.84. The summed E-state index contributed by atoms with van der Waals surface area (Å²) in [5, 5.41) is 4.44. The molecule has 17 heavy (non-hydrogen) atoms. The van der Waals surface area contributed by atoms with Crippen LogP contribution in [-0.2, 0) is 6.54 Å². The minimum atomic E-state index is 0.287.